The summed E-state index contributed by atoms with van der Waals surface area (Å²) in [6, 6.07) is 10.1. The fourth-order valence-corrected chi connectivity index (χ4v) is 4.98. The van der Waals surface area contributed by atoms with Gasteiger partial charge in [-0.3, -0.25) is 0 Å². The molecule has 2 fully saturated rings. The molecule has 3 aromatic rings. The second-order valence-electron chi connectivity index (χ2n) is 8.92. The molecule has 0 amide bonds. The zero-order valence-electron chi connectivity index (χ0n) is 19.3. The third-order valence-corrected chi connectivity index (χ3v) is 6.93. The van der Waals surface area contributed by atoms with Crippen molar-refractivity contribution in [3.8, 4) is 23.2 Å². The molecule has 5 rings (SSSR count). The number of piperidine rings is 1. The molecule has 172 valence electrons. The first-order chi connectivity index (χ1) is 16.2. The summed E-state index contributed by atoms with van der Waals surface area (Å²) in [5.74, 6) is 10.6. The van der Waals surface area contributed by atoms with Gasteiger partial charge in [0.1, 0.15) is 11.5 Å². The molecule has 1 aromatic carbocycles. The average molecular weight is 446 g/mol. The Morgan fingerprint density at radius 1 is 1.24 bits per heavy atom. The molecule has 7 heteroatoms. The first kappa shape index (κ1) is 21.9. The van der Waals surface area contributed by atoms with E-state index in [0.29, 0.717) is 12.5 Å². The second kappa shape index (κ2) is 9.52. The smallest absolute Gasteiger partial charge is 0.167 e. The molecule has 7 nitrogen and oxygen atoms in total. The van der Waals surface area contributed by atoms with E-state index in [1.165, 1.54) is 0 Å². The van der Waals surface area contributed by atoms with Crippen molar-refractivity contribution < 1.29 is 9.26 Å². The van der Waals surface area contributed by atoms with Crippen molar-refractivity contribution in [3.05, 3.63) is 59.8 Å². The molecule has 0 spiro atoms. The standard InChI is InChI=1S/C26H31N5O2/c1-3-26-28-10-11-31(26)24(15-27)23-14-25(33-29-23)19-7-4-18(5-8-19)6-9-20-21-16-30(12-13-32-2)17-22(20)21/h4-5,7-8,10-11,14,20-22,24H,3,12-13,15-17,27H2,1-2H3/t20-,21-,22+,24-/m1/s1. The summed E-state index contributed by atoms with van der Waals surface area (Å²) in [5, 5.41) is 4.30. The normalized spacial score (nSPS) is 22.6. The molecule has 2 aliphatic rings. The summed E-state index contributed by atoms with van der Waals surface area (Å²) >= 11 is 0. The Balaban J connectivity index is 1.22. The van der Waals surface area contributed by atoms with Gasteiger partial charge in [0, 0.05) is 75.2 Å². The maximum atomic E-state index is 6.06. The van der Waals surface area contributed by atoms with Crippen molar-refractivity contribution in [2.45, 2.75) is 19.4 Å². The third kappa shape index (κ3) is 4.47. The van der Waals surface area contributed by atoms with Crippen LogP contribution in [0.3, 0.4) is 0 Å². The van der Waals surface area contributed by atoms with Gasteiger partial charge >= 0.3 is 0 Å². The maximum absolute atomic E-state index is 6.06. The van der Waals surface area contributed by atoms with Gasteiger partial charge in [-0.25, -0.2) is 4.98 Å². The minimum atomic E-state index is -0.0893. The molecule has 1 saturated heterocycles. The molecule has 0 radical (unpaired) electrons. The highest BCUT2D eigenvalue weighted by atomic mass is 16.5. The van der Waals surface area contributed by atoms with E-state index in [0.717, 1.165) is 72.9 Å². The highest BCUT2D eigenvalue weighted by Gasteiger charge is 2.54. The average Bonchev–Trinajstić information content (AvgIpc) is 3.35. The number of hydrogen-bond donors (Lipinski definition) is 1. The highest BCUT2D eigenvalue weighted by molar-refractivity contribution is 5.59. The number of imidazole rings is 1. The molecule has 4 atom stereocenters. The van der Waals surface area contributed by atoms with Crippen molar-refractivity contribution in [1.29, 1.82) is 0 Å². The van der Waals surface area contributed by atoms with Crippen LogP contribution >= 0.6 is 0 Å². The zero-order valence-corrected chi connectivity index (χ0v) is 19.3. The lowest BCUT2D eigenvalue weighted by atomic mass is 10.1. The zero-order chi connectivity index (χ0) is 22.8. The van der Waals surface area contributed by atoms with Crippen molar-refractivity contribution in [1.82, 2.24) is 19.6 Å². The molecule has 0 bridgehead atoms. The van der Waals surface area contributed by atoms with Crippen LogP contribution < -0.4 is 5.73 Å². The molecule has 2 aromatic heterocycles. The Morgan fingerprint density at radius 3 is 2.73 bits per heavy atom. The number of likely N-dealkylation sites (tertiary alicyclic amines) is 1. The van der Waals surface area contributed by atoms with E-state index in [4.69, 9.17) is 15.0 Å². The quantitative estimate of drug-likeness (QED) is 0.537. The van der Waals surface area contributed by atoms with Gasteiger partial charge in [0.15, 0.2) is 5.76 Å². The van der Waals surface area contributed by atoms with Gasteiger partial charge in [-0.2, -0.15) is 0 Å². The van der Waals surface area contributed by atoms with E-state index in [1.54, 1.807) is 13.3 Å². The first-order valence-electron chi connectivity index (χ1n) is 11.7. The van der Waals surface area contributed by atoms with Crippen molar-refractivity contribution in [3.63, 3.8) is 0 Å². The lowest BCUT2D eigenvalue weighted by molar-refractivity contribution is 0.153. The Labute approximate surface area is 194 Å². The molecule has 1 aliphatic carbocycles. The van der Waals surface area contributed by atoms with Crippen LogP contribution in [0.15, 0.2) is 47.2 Å². The van der Waals surface area contributed by atoms with E-state index in [9.17, 15) is 0 Å². The summed E-state index contributed by atoms with van der Waals surface area (Å²) in [6.07, 6.45) is 4.59. The predicted octanol–water partition coefficient (Wildman–Crippen LogP) is 2.82. The largest absolute Gasteiger partial charge is 0.383 e. The molecular weight excluding hydrogens is 414 g/mol. The summed E-state index contributed by atoms with van der Waals surface area (Å²) in [4.78, 5) is 6.89. The second-order valence-corrected chi connectivity index (χ2v) is 8.92. The number of ether oxygens (including phenoxy) is 1. The van der Waals surface area contributed by atoms with Crippen LogP contribution in [0.5, 0.6) is 0 Å². The molecular formula is C26H31N5O2. The Kier molecular flexibility index (Phi) is 6.32. The van der Waals surface area contributed by atoms with Crippen molar-refractivity contribution in [2.24, 2.45) is 23.5 Å². The SMILES string of the molecule is CCc1nccn1[C@H](CN)c1cc(-c2ccc(C#C[C@@H]3[C@H]4CN(CCOC)C[C@@H]34)cc2)on1. The van der Waals surface area contributed by atoms with Gasteiger partial charge < -0.3 is 24.5 Å². The van der Waals surface area contributed by atoms with Crippen LogP contribution in [0.4, 0.5) is 0 Å². The molecule has 0 unspecified atom stereocenters. The van der Waals surface area contributed by atoms with E-state index in [1.807, 2.05) is 24.4 Å². The number of rotatable bonds is 8. The number of fused-ring (bicyclic) bond motifs is 1. The predicted molar refractivity (Wildman–Crippen MR) is 126 cm³/mol. The van der Waals surface area contributed by atoms with Crippen molar-refractivity contribution >= 4 is 0 Å². The van der Waals surface area contributed by atoms with Crippen LogP contribution in [0.25, 0.3) is 11.3 Å². The molecule has 1 aliphatic heterocycles. The third-order valence-electron chi connectivity index (χ3n) is 6.93. The van der Waals surface area contributed by atoms with Gasteiger partial charge in [-0.1, -0.05) is 23.9 Å². The van der Waals surface area contributed by atoms with Crippen LogP contribution in [0, 0.1) is 29.6 Å². The summed E-state index contributed by atoms with van der Waals surface area (Å²) in [6.45, 7) is 6.66. The summed E-state index contributed by atoms with van der Waals surface area (Å²) in [5.41, 5.74) is 8.88. The number of nitrogens with zero attached hydrogens (tertiary/aromatic N) is 4. The fraction of sp³-hybridized carbons (Fsp3) is 0.462. The van der Waals surface area contributed by atoms with Crippen LogP contribution in [0.2, 0.25) is 0 Å². The topological polar surface area (TPSA) is 82.3 Å². The molecule has 1 saturated carbocycles. The molecule has 2 N–H and O–H groups in total. The van der Waals surface area contributed by atoms with Crippen molar-refractivity contribution in [2.75, 3.05) is 39.9 Å². The van der Waals surface area contributed by atoms with E-state index in [-0.39, 0.29) is 6.04 Å². The molecule has 3 heterocycles. The van der Waals surface area contributed by atoms with Gasteiger partial charge in [0.2, 0.25) is 0 Å². The van der Waals surface area contributed by atoms with Gasteiger partial charge in [-0.05, 0) is 36.1 Å². The molecule has 33 heavy (non-hydrogen) atoms. The number of nitrogens with two attached hydrogens (primary N) is 1. The highest BCUT2D eigenvalue weighted by Crippen LogP contribution is 2.51. The minimum absolute atomic E-state index is 0.0893. The Hall–Kier alpha value is -2.92. The van der Waals surface area contributed by atoms with E-state index < -0.39 is 0 Å². The van der Waals surface area contributed by atoms with E-state index >= 15 is 0 Å². The van der Waals surface area contributed by atoms with Gasteiger partial charge in [-0.15, -0.1) is 0 Å². The summed E-state index contributed by atoms with van der Waals surface area (Å²) < 4.78 is 12.9. The maximum Gasteiger partial charge on any atom is 0.167 e. The number of aromatic nitrogens is 3. The van der Waals surface area contributed by atoms with Crippen LogP contribution in [-0.4, -0.2) is 59.5 Å². The van der Waals surface area contributed by atoms with Crippen LogP contribution in [-0.2, 0) is 11.2 Å². The fourth-order valence-electron chi connectivity index (χ4n) is 4.98. The monoisotopic (exact) mass is 445 g/mol. The van der Waals surface area contributed by atoms with E-state index in [2.05, 4.69) is 50.5 Å². The Morgan fingerprint density at radius 2 is 2.03 bits per heavy atom. The van der Waals surface area contributed by atoms with Gasteiger partial charge in [0.25, 0.3) is 0 Å². The summed E-state index contributed by atoms with van der Waals surface area (Å²) in [7, 11) is 1.76. The van der Waals surface area contributed by atoms with Crippen LogP contribution in [0.1, 0.15) is 30.0 Å². The first-order valence-corrected chi connectivity index (χ1v) is 11.7. The lowest BCUT2D eigenvalue weighted by Crippen LogP contribution is -2.27. The minimum Gasteiger partial charge on any atom is -0.383 e. The lowest BCUT2D eigenvalue weighted by Gasteiger charge is -2.17. The number of aryl methyl sites for hydroxylation is 1. The van der Waals surface area contributed by atoms with Gasteiger partial charge in [0.05, 0.1) is 12.6 Å². The number of hydrogen-bond acceptors (Lipinski definition) is 6. The number of methoxy groups -OCH3 is 1. The number of benzene rings is 1. The Bertz CT molecular complexity index is 1130.